The van der Waals surface area contributed by atoms with E-state index in [2.05, 4.69) is 20.8 Å². The average Bonchev–Trinajstić information content (AvgIpc) is 2.82. The summed E-state index contributed by atoms with van der Waals surface area (Å²) in [6, 6.07) is 1.44. The van der Waals surface area contributed by atoms with Crippen molar-refractivity contribution in [1.82, 2.24) is 20.2 Å². The first-order chi connectivity index (χ1) is 10.3. The van der Waals surface area contributed by atoms with Crippen molar-refractivity contribution in [3.05, 3.63) is 29.1 Å². The maximum absolute atomic E-state index is 14.0. The molecule has 0 radical (unpaired) electrons. The molecule has 22 heavy (non-hydrogen) atoms. The number of thioether (sulfide) groups is 1. The molecule has 0 spiro atoms. The lowest BCUT2D eigenvalue weighted by molar-refractivity contribution is -0.140. The number of rotatable bonds is 3. The predicted octanol–water partition coefficient (Wildman–Crippen LogP) is 2.34. The van der Waals surface area contributed by atoms with E-state index in [9.17, 15) is 22.4 Å². The second-order valence-electron chi connectivity index (χ2n) is 4.09. The zero-order chi connectivity index (χ0) is 16.5. The van der Waals surface area contributed by atoms with Gasteiger partial charge in [0, 0.05) is 7.05 Å². The summed E-state index contributed by atoms with van der Waals surface area (Å²) in [5.41, 5.74) is -1.66. The van der Waals surface area contributed by atoms with Crippen LogP contribution in [0.15, 0.2) is 17.0 Å². The van der Waals surface area contributed by atoms with Gasteiger partial charge in [-0.3, -0.25) is 10.1 Å². The lowest BCUT2D eigenvalue weighted by atomic mass is 10.1. The number of nitrogens with one attached hydrogen (secondary N) is 1. The third-order valence-corrected chi connectivity index (χ3v) is 3.50. The first kappa shape index (κ1) is 16.2. The molecular weight excluding hydrogens is 326 g/mol. The highest BCUT2D eigenvalue weighted by atomic mass is 32.2. The van der Waals surface area contributed by atoms with Gasteiger partial charge in [0.1, 0.15) is 5.82 Å². The van der Waals surface area contributed by atoms with Gasteiger partial charge >= 0.3 is 6.18 Å². The van der Waals surface area contributed by atoms with Crippen molar-refractivity contribution in [1.29, 1.82) is 0 Å². The quantitative estimate of drug-likeness (QED) is 0.688. The molecule has 0 aliphatic rings. The van der Waals surface area contributed by atoms with E-state index in [1.165, 1.54) is 13.3 Å². The molecule has 1 aromatic carbocycles. The fourth-order valence-corrected chi connectivity index (χ4v) is 2.33. The van der Waals surface area contributed by atoms with Crippen LogP contribution in [0.2, 0.25) is 0 Å². The fourth-order valence-electron chi connectivity index (χ4n) is 1.66. The van der Waals surface area contributed by atoms with Crippen molar-refractivity contribution < 1.29 is 22.4 Å². The summed E-state index contributed by atoms with van der Waals surface area (Å²) in [5, 5.41) is 12.6. The number of carbonyl (C=O) groups is 1. The van der Waals surface area contributed by atoms with Crippen molar-refractivity contribution in [3.63, 3.8) is 0 Å². The Morgan fingerprint density at radius 1 is 1.36 bits per heavy atom. The standard InChI is InChI=1S/C11H9F4N5OS/c1-20-10(17-18-19-20)16-9(21)5-3-4-6(11(13,14)15)7(12)8(5)22-2/h3-4H,1-2H3,(H,16,17,19,21). The smallest absolute Gasteiger partial charge is 0.289 e. The molecule has 1 amide bonds. The molecule has 2 aromatic rings. The van der Waals surface area contributed by atoms with Crippen LogP contribution < -0.4 is 5.32 Å². The van der Waals surface area contributed by atoms with Crippen LogP contribution in [0.25, 0.3) is 0 Å². The van der Waals surface area contributed by atoms with Crippen LogP contribution in [-0.2, 0) is 13.2 Å². The SMILES string of the molecule is CSc1c(C(=O)Nc2nnnn2C)ccc(C(F)(F)F)c1F. The molecule has 1 aromatic heterocycles. The molecule has 1 N–H and O–H groups in total. The van der Waals surface area contributed by atoms with Gasteiger partial charge in [-0.25, -0.2) is 9.07 Å². The van der Waals surface area contributed by atoms with E-state index in [1.807, 2.05) is 0 Å². The van der Waals surface area contributed by atoms with E-state index >= 15 is 0 Å². The zero-order valence-electron chi connectivity index (χ0n) is 11.3. The Balaban J connectivity index is 2.41. The number of amides is 1. The highest BCUT2D eigenvalue weighted by Crippen LogP contribution is 2.36. The van der Waals surface area contributed by atoms with Gasteiger partial charge in [-0.15, -0.1) is 11.8 Å². The second-order valence-corrected chi connectivity index (χ2v) is 4.90. The Bertz CT molecular complexity index is 715. The first-order valence-electron chi connectivity index (χ1n) is 5.73. The predicted molar refractivity (Wildman–Crippen MR) is 69.9 cm³/mol. The number of benzene rings is 1. The number of hydrogen-bond donors (Lipinski definition) is 1. The Labute approximate surface area is 125 Å². The monoisotopic (exact) mass is 335 g/mol. The number of alkyl halides is 3. The van der Waals surface area contributed by atoms with E-state index in [0.717, 1.165) is 10.7 Å². The third-order valence-electron chi connectivity index (χ3n) is 2.70. The van der Waals surface area contributed by atoms with Crippen molar-refractivity contribution in [3.8, 4) is 0 Å². The average molecular weight is 335 g/mol. The molecule has 0 saturated carbocycles. The molecule has 118 valence electrons. The van der Waals surface area contributed by atoms with Crippen molar-refractivity contribution in [2.75, 3.05) is 11.6 Å². The van der Waals surface area contributed by atoms with Crippen LogP contribution in [0.1, 0.15) is 15.9 Å². The minimum Gasteiger partial charge on any atom is -0.289 e. The lowest BCUT2D eigenvalue weighted by Crippen LogP contribution is -2.18. The summed E-state index contributed by atoms with van der Waals surface area (Å²) in [4.78, 5) is 11.7. The van der Waals surface area contributed by atoms with Gasteiger partial charge in [-0.2, -0.15) is 13.2 Å². The van der Waals surface area contributed by atoms with Crippen molar-refractivity contribution in [2.24, 2.45) is 7.05 Å². The highest BCUT2D eigenvalue weighted by Gasteiger charge is 2.36. The number of anilines is 1. The van der Waals surface area contributed by atoms with Gasteiger partial charge in [-0.05, 0) is 28.8 Å². The molecule has 0 aliphatic carbocycles. The normalized spacial score (nSPS) is 11.5. The molecule has 0 atom stereocenters. The van der Waals surface area contributed by atoms with Crippen molar-refractivity contribution >= 4 is 23.6 Å². The van der Waals surface area contributed by atoms with Gasteiger partial charge < -0.3 is 0 Å². The molecule has 0 unspecified atom stereocenters. The van der Waals surface area contributed by atoms with E-state index in [1.54, 1.807) is 0 Å². The second kappa shape index (κ2) is 5.91. The number of carbonyl (C=O) groups excluding carboxylic acids is 1. The zero-order valence-corrected chi connectivity index (χ0v) is 12.1. The van der Waals surface area contributed by atoms with E-state index in [4.69, 9.17) is 0 Å². The Hall–Kier alpha value is -2.17. The molecular formula is C11H9F4N5OS. The molecule has 0 saturated heterocycles. The summed E-state index contributed by atoms with van der Waals surface area (Å²) in [6.45, 7) is 0. The van der Waals surface area contributed by atoms with Crippen LogP contribution in [0.5, 0.6) is 0 Å². The minimum atomic E-state index is -4.84. The van der Waals surface area contributed by atoms with Crippen LogP contribution in [0.3, 0.4) is 0 Å². The molecule has 11 heteroatoms. The van der Waals surface area contributed by atoms with Gasteiger partial charge in [0.05, 0.1) is 16.0 Å². The fraction of sp³-hybridized carbons (Fsp3) is 0.273. The summed E-state index contributed by atoms with van der Waals surface area (Å²) in [6.07, 6.45) is -3.46. The number of aryl methyl sites for hydroxylation is 1. The van der Waals surface area contributed by atoms with E-state index in [0.29, 0.717) is 17.8 Å². The first-order valence-corrected chi connectivity index (χ1v) is 6.95. The minimum absolute atomic E-state index is 0.0163. The summed E-state index contributed by atoms with van der Waals surface area (Å²) < 4.78 is 53.2. The molecule has 6 nitrogen and oxygen atoms in total. The van der Waals surface area contributed by atoms with E-state index < -0.39 is 28.4 Å². The van der Waals surface area contributed by atoms with Crippen LogP contribution in [0.4, 0.5) is 23.5 Å². The summed E-state index contributed by atoms with van der Waals surface area (Å²) >= 11 is 0.703. The third kappa shape index (κ3) is 3.03. The van der Waals surface area contributed by atoms with Crippen LogP contribution >= 0.6 is 11.8 Å². The topological polar surface area (TPSA) is 72.7 Å². The summed E-state index contributed by atoms with van der Waals surface area (Å²) in [5.74, 6) is -2.31. The molecule has 0 fully saturated rings. The van der Waals surface area contributed by atoms with Gasteiger partial charge in [0.15, 0.2) is 0 Å². The number of tetrazole rings is 1. The van der Waals surface area contributed by atoms with Crippen LogP contribution in [0, 0.1) is 5.82 Å². The number of aromatic nitrogens is 4. The summed E-state index contributed by atoms with van der Waals surface area (Å²) in [7, 11) is 1.46. The van der Waals surface area contributed by atoms with Gasteiger partial charge in [-0.1, -0.05) is 5.10 Å². The lowest BCUT2D eigenvalue weighted by Gasteiger charge is -2.13. The van der Waals surface area contributed by atoms with Crippen molar-refractivity contribution in [2.45, 2.75) is 11.1 Å². The maximum atomic E-state index is 14.0. The Morgan fingerprint density at radius 3 is 2.55 bits per heavy atom. The molecule has 0 bridgehead atoms. The molecule has 0 aliphatic heterocycles. The molecule has 2 rings (SSSR count). The Kier molecular flexibility index (Phi) is 4.35. The largest absolute Gasteiger partial charge is 0.419 e. The van der Waals surface area contributed by atoms with E-state index in [-0.39, 0.29) is 11.5 Å². The number of hydrogen-bond acceptors (Lipinski definition) is 5. The molecule has 1 heterocycles. The van der Waals surface area contributed by atoms with Crippen LogP contribution in [-0.4, -0.2) is 32.4 Å². The Morgan fingerprint density at radius 2 is 2.05 bits per heavy atom. The van der Waals surface area contributed by atoms with Gasteiger partial charge in [0.25, 0.3) is 5.91 Å². The van der Waals surface area contributed by atoms with Gasteiger partial charge in [0.2, 0.25) is 5.95 Å². The highest BCUT2D eigenvalue weighted by molar-refractivity contribution is 7.98. The number of halogens is 4. The maximum Gasteiger partial charge on any atom is 0.419 e. The number of nitrogens with zero attached hydrogens (tertiary/aromatic N) is 4.